The van der Waals surface area contributed by atoms with Crippen molar-refractivity contribution in [2.75, 3.05) is 11.9 Å². The average Bonchev–Trinajstić information content (AvgIpc) is 2.36. The van der Waals surface area contributed by atoms with Crippen LogP contribution in [-0.2, 0) is 9.59 Å². The van der Waals surface area contributed by atoms with Gasteiger partial charge in [-0.15, -0.1) is 0 Å². The molecule has 110 valence electrons. The molecule has 0 bridgehead atoms. The highest BCUT2D eigenvalue weighted by Crippen LogP contribution is 2.13. The highest BCUT2D eigenvalue weighted by atomic mass is 16.2. The van der Waals surface area contributed by atoms with Gasteiger partial charge in [-0.2, -0.15) is 0 Å². The van der Waals surface area contributed by atoms with Gasteiger partial charge in [0.25, 0.3) is 0 Å². The fourth-order valence-electron chi connectivity index (χ4n) is 2.07. The zero-order valence-corrected chi connectivity index (χ0v) is 12.6. The van der Waals surface area contributed by atoms with Crippen molar-refractivity contribution >= 4 is 17.5 Å². The van der Waals surface area contributed by atoms with Crippen molar-refractivity contribution < 1.29 is 9.59 Å². The van der Waals surface area contributed by atoms with E-state index < -0.39 is 11.8 Å². The van der Waals surface area contributed by atoms with Crippen molar-refractivity contribution in [3.8, 4) is 0 Å². The predicted octanol–water partition coefficient (Wildman–Crippen LogP) is 2.94. The quantitative estimate of drug-likeness (QED) is 0.620. The molecule has 0 spiro atoms. The van der Waals surface area contributed by atoms with Crippen LogP contribution < -0.4 is 10.6 Å². The minimum absolute atomic E-state index is 0.555. The van der Waals surface area contributed by atoms with Gasteiger partial charge in [0.05, 0.1) is 0 Å². The summed E-state index contributed by atoms with van der Waals surface area (Å²) in [6, 6.07) is 5.71. The van der Waals surface area contributed by atoms with Crippen LogP contribution in [0, 0.1) is 13.8 Å². The van der Waals surface area contributed by atoms with Gasteiger partial charge in [-0.3, -0.25) is 9.59 Å². The molecule has 0 aromatic heterocycles. The van der Waals surface area contributed by atoms with Crippen molar-refractivity contribution in [3.63, 3.8) is 0 Å². The third-order valence-corrected chi connectivity index (χ3v) is 3.00. The number of hydrogen-bond donors (Lipinski definition) is 2. The van der Waals surface area contributed by atoms with Gasteiger partial charge in [0.15, 0.2) is 0 Å². The Hall–Kier alpha value is -1.84. The van der Waals surface area contributed by atoms with Gasteiger partial charge < -0.3 is 10.6 Å². The van der Waals surface area contributed by atoms with Gasteiger partial charge in [-0.05, 0) is 43.5 Å². The molecule has 0 atom stereocenters. The molecule has 1 aromatic carbocycles. The zero-order chi connectivity index (χ0) is 15.0. The van der Waals surface area contributed by atoms with Crippen molar-refractivity contribution in [2.24, 2.45) is 0 Å². The third kappa shape index (κ3) is 5.87. The Morgan fingerprint density at radius 2 is 1.60 bits per heavy atom. The molecule has 20 heavy (non-hydrogen) atoms. The fraction of sp³-hybridized carbons (Fsp3) is 0.500. The second-order valence-corrected chi connectivity index (χ2v) is 5.15. The van der Waals surface area contributed by atoms with E-state index in [2.05, 4.69) is 17.6 Å². The molecule has 1 aromatic rings. The molecule has 0 fully saturated rings. The van der Waals surface area contributed by atoms with E-state index in [0.717, 1.165) is 36.8 Å². The highest BCUT2D eigenvalue weighted by Gasteiger charge is 2.13. The second kappa shape index (κ2) is 8.35. The number of hydrogen-bond acceptors (Lipinski definition) is 2. The normalized spacial score (nSPS) is 10.2. The molecule has 4 heteroatoms. The smallest absolute Gasteiger partial charge is 0.313 e. The van der Waals surface area contributed by atoms with Crippen LogP contribution in [0.25, 0.3) is 0 Å². The SMILES string of the molecule is CCCCCCNC(=O)C(=O)Nc1cc(C)cc(C)c1. The number of carbonyl (C=O) groups excluding carboxylic acids is 2. The lowest BCUT2D eigenvalue weighted by molar-refractivity contribution is -0.136. The number of unbranched alkanes of at least 4 members (excludes halogenated alkanes) is 3. The summed E-state index contributed by atoms with van der Waals surface area (Å²) in [7, 11) is 0. The van der Waals surface area contributed by atoms with Crippen molar-refractivity contribution in [3.05, 3.63) is 29.3 Å². The molecule has 4 nitrogen and oxygen atoms in total. The number of rotatable bonds is 6. The van der Waals surface area contributed by atoms with E-state index in [1.807, 2.05) is 32.0 Å². The van der Waals surface area contributed by atoms with Crippen molar-refractivity contribution in [1.29, 1.82) is 0 Å². The summed E-state index contributed by atoms with van der Waals surface area (Å²) >= 11 is 0. The molecule has 0 heterocycles. The summed E-state index contributed by atoms with van der Waals surface area (Å²) in [6.07, 6.45) is 4.30. The lowest BCUT2D eigenvalue weighted by atomic mass is 10.1. The van der Waals surface area contributed by atoms with E-state index in [1.54, 1.807) is 0 Å². The number of carbonyl (C=O) groups is 2. The third-order valence-electron chi connectivity index (χ3n) is 3.00. The van der Waals surface area contributed by atoms with Crippen molar-refractivity contribution in [2.45, 2.75) is 46.5 Å². The van der Waals surface area contributed by atoms with Gasteiger partial charge >= 0.3 is 11.8 Å². The standard InChI is InChI=1S/C16H24N2O2/c1-4-5-6-7-8-17-15(19)16(20)18-14-10-12(2)9-13(3)11-14/h9-11H,4-8H2,1-3H3,(H,17,19)(H,18,20). The molecular weight excluding hydrogens is 252 g/mol. The lowest BCUT2D eigenvalue weighted by Gasteiger charge is -2.08. The first-order valence-electron chi connectivity index (χ1n) is 7.20. The minimum atomic E-state index is -0.606. The van der Waals surface area contributed by atoms with E-state index in [4.69, 9.17) is 0 Å². The second-order valence-electron chi connectivity index (χ2n) is 5.15. The van der Waals surface area contributed by atoms with E-state index in [9.17, 15) is 9.59 Å². The van der Waals surface area contributed by atoms with E-state index >= 15 is 0 Å². The molecule has 2 N–H and O–H groups in total. The molecule has 0 aliphatic rings. The molecule has 2 amide bonds. The number of benzene rings is 1. The molecule has 0 aliphatic carbocycles. The largest absolute Gasteiger partial charge is 0.348 e. The minimum Gasteiger partial charge on any atom is -0.348 e. The van der Waals surface area contributed by atoms with E-state index in [0.29, 0.717) is 12.2 Å². The Morgan fingerprint density at radius 3 is 2.20 bits per heavy atom. The van der Waals surface area contributed by atoms with Crippen LogP contribution in [0.15, 0.2) is 18.2 Å². The zero-order valence-electron chi connectivity index (χ0n) is 12.6. The van der Waals surface area contributed by atoms with Gasteiger partial charge in [-0.1, -0.05) is 32.3 Å². The summed E-state index contributed by atoms with van der Waals surface area (Å²) < 4.78 is 0. The van der Waals surface area contributed by atoms with Gasteiger partial charge in [0.1, 0.15) is 0 Å². The summed E-state index contributed by atoms with van der Waals surface area (Å²) in [5.74, 6) is -1.17. The molecule has 0 aliphatic heterocycles. The van der Waals surface area contributed by atoms with E-state index in [-0.39, 0.29) is 0 Å². The first-order valence-corrected chi connectivity index (χ1v) is 7.20. The van der Waals surface area contributed by atoms with Gasteiger partial charge in [0.2, 0.25) is 0 Å². The monoisotopic (exact) mass is 276 g/mol. The van der Waals surface area contributed by atoms with Crippen LogP contribution in [0.1, 0.15) is 43.7 Å². The van der Waals surface area contributed by atoms with Crippen molar-refractivity contribution in [1.82, 2.24) is 5.32 Å². The Bertz CT molecular complexity index is 449. The fourth-order valence-corrected chi connectivity index (χ4v) is 2.07. The van der Waals surface area contributed by atoms with Crippen LogP contribution in [0.5, 0.6) is 0 Å². The molecule has 0 radical (unpaired) electrons. The highest BCUT2D eigenvalue weighted by molar-refractivity contribution is 6.39. The maximum Gasteiger partial charge on any atom is 0.313 e. The van der Waals surface area contributed by atoms with Gasteiger partial charge in [0, 0.05) is 12.2 Å². The summed E-state index contributed by atoms with van der Waals surface area (Å²) in [5.41, 5.74) is 2.77. The summed E-state index contributed by atoms with van der Waals surface area (Å²) in [6.45, 7) is 6.60. The molecular formula is C16H24N2O2. The Labute approximate surface area is 121 Å². The molecule has 0 unspecified atom stereocenters. The Balaban J connectivity index is 2.39. The maximum absolute atomic E-state index is 11.7. The first kappa shape index (κ1) is 16.2. The topological polar surface area (TPSA) is 58.2 Å². The number of amides is 2. The summed E-state index contributed by atoms with van der Waals surface area (Å²) in [5, 5.41) is 5.26. The Morgan fingerprint density at radius 1 is 0.950 bits per heavy atom. The lowest BCUT2D eigenvalue weighted by Crippen LogP contribution is -2.35. The van der Waals surface area contributed by atoms with Crippen LogP contribution in [-0.4, -0.2) is 18.4 Å². The van der Waals surface area contributed by atoms with E-state index in [1.165, 1.54) is 0 Å². The molecule has 0 saturated carbocycles. The number of nitrogens with one attached hydrogen (secondary N) is 2. The Kier molecular flexibility index (Phi) is 6.77. The number of anilines is 1. The van der Waals surface area contributed by atoms with Crippen LogP contribution in [0.2, 0.25) is 0 Å². The predicted molar refractivity (Wildman–Crippen MR) is 81.7 cm³/mol. The number of aryl methyl sites for hydroxylation is 2. The molecule has 1 rings (SSSR count). The maximum atomic E-state index is 11.7. The van der Waals surface area contributed by atoms with Crippen LogP contribution in [0.3, 0.4) is 0 Å². The average molecular weight is 276 g/mol. The van der Waals surface area contributed by atoms with Crippen LogP contribution >= 0.6 is 0 Å². The molecule has 0 saturated heterocycles. The van der Waals surface area contributed by atoms with Gasteiger partial charge in [-0.25, -0.2) is 0 Å². The van der Waals surface area contributed by atoms with Crippen LogP contribution in [0.4, 0.5) is 5.69 Å². The summed E-state index contributed by atoms with van der Waals surface area (Å²) in [4.78, 5) is 23.4. The first-order chi connectivity index (χ1) is 9.52.